The maximum atomic E-state index is 11.9. The molecule has 0 amide bonds. The molecule has 0 heterocycles. The molecule has 0 aliphatic heterocycles. The van der Waals surface area contributed by atoms with Gasteiger partial charge in [0.2, 0.25) is 10.0 Å². The molecule has 0 aromatic carbocycles. The number of hydrogen-bond donors (Lipinski definition) is 1. The Kier molecular flexibility index (Phi) is 2.66. The van der Waals surface area contributed by atoms with Gasteiger partial charge in [-0.15, -0.1) is 0 Å². The van der Waals surface area contributed by atoms with Crippen molar-refractivity contribution < 1.29 is 13.2 Å². The van der Waals surface area contributed by atoms with E-state index in [2.05, 4.69) is 13.8 Å². The summed E-state index contributed by atoms with van der Waals surface area (Å²) in [4.78, 5) is 11.9. The van der Waals surface area contributed by atoms with Crippen LogP contribution in [0.25, 0.3) is 0 Å². The van der Waals surface area contributed by atoms with Gasteiger partial charge in [-0.3, -0.25) is 4.79 Å². The van der Waals surface area contributed by atoms with Gasteiger partial charge in [-0.25, -0.2) is 13.6 Å². The third kappa shape index (κ3) is 2.15. The second-order valence-electron chi connectivity index (χ2n) is 6.03. The Labute approximate surface area is 96.6 Å². The molecule has 0 saturated heterocycles. The van der Waals surface area contributed by atoms with E-state index >= 15 is 0 Å². The average Bonchev–Trinajstić information content (AvgIpc) is 1.94. The van der Waals surface area contributed by atoms with Crippen molar-refractivity contribution in [2.45, 2.75) is 33.1 Å². The van der Waals surface area contributed by atoms with E-state index in [0.29, 0.717) is 12.3 Å². The SMILES string of the molecule is CC1(C)C[C@H]2CC(=O)[C@H]1[C@H](CS(N)(=O)=O)C2. The molecule has 5 heteroatoms. The van der Waals surface area contributed by atoms with E-state index in [-0.39, 0.29) is 28.8 Å². The number of carbonyl (C=O) groups is 1. The molecule has 0 unspecified atom stereocenters. The van der Waals surface area contributed by atoms with Crippen LogP contribution in [0.5, 0.6) is 0 Å². The van der Waals surface area contributed by atoms with Crippen molar-refractivity contribution in [2.24, 2.45) is 28.3 Å². The standard InChI is InChI=1S/C11H19NO3S/c1-11(2)5-7-3-8(6-16(12,14)15)10(11)9(13)4-7/h7-8,10H,3-6H2,1-2H3,(H2,12,14,15)/t7-,8+,10-/m1/s1. The molecule has 4 nitrogen and oxygen atoms in total. The summed E-state index contributed by atoms with van der Waals surface area (Å²) in [5.41, 5.74) is -0.0619. The molecule has 92 valence electrons. The van der Waals surface area contributed by atoms with Gasteiger partial charge in [0.15, 0.2) is 0 Å². The monoisotopic (exact) mass is 245 g/mol. The van der Waals surface area contributed by atoms with Crippen molar-refractivity contribution in [1.82, 2.24) is 0 Å². The maximum Gasteiger partial charge on any atom is 0.209 e. The first-order valence-corrected chi connectivity index (χ1v) is 7.44. The van der Waals surface area contributed by atoms with Crippen molar-refractivity contribution in [3.63, 3.8) is 0 Å². The minimum absolute atomic E-state index is 0.0384. The van der Waals surface area contributed by atoms with Gasteiger partial charge in [0, 0.05) is 12.3 Å². The van der Waals surface area contributed by atoms with E-state index in [1.807, 2.05) is 0 Å². The lowest BCUT2D eigenvalue weighted by Gasteiger charge is -2.51. The highest BCUT2D eigenvalue weighted by Gasteiger charge is 2.51. The molecule has 3 aliphatic rings. The molecule has 3 aliphatic carbocycles. The molecule has 0 aromatic heterocycles. The minimum Gasteiger partial charge on any atom is -0.299 e. The summed E-state index contributed by atoms with van der Waals surface area (Å²) in [5.74, 6) is 0.379. The first-order valence-electron chi connectivity index (χ1n) is 5.72. The third-order valence-electron chi connectivity index (χ3n) is 4.05. The summed E-state index contributed by atoms with van der Waals surface area (Å²) in [7, 11) is -3.47. The van der Waals surface area contributed by atoms with Gasteiger partial charge in [-0.2, -0.15) is 0 Å². The second-order valence-corrected chi connectivity index (χ2v) is 7.69. The first-order chi connectivity index (χ1) is 7.19. The van der Waals surface area contributed by atoms with E-state index in [4.69, 9.17) is 5.14 Å². The molecule has 0 spiro atoms. The minimum atomic E-state index is -3.47. The zero-order valence-corrected chi connectivity index (χ0v) is 10.6. The lowest BCUT2D eigenvalue weighted by Crippen LogP contribution is -2.51. The number of hydrogen-bond acceptors (Lipinski definition) is 3. The second kappa shape index (κ2) is 3.53. The van der Waals surface area contributed by atoms with Crippen LogP contribution in [0.3, 0.4) is 0 Å². The van der Waals surface area contributed by atoms with E-state index in [1.54, 1.807) is 0 Å². The number of Topliss-reactive ketones (excluding diaryl/α,β-unsaturated/α-hetero) is 1. The Morgan fingerprint density at radius 3 is 2.50 bits per heavy atom. The lowest BCUT2D eigenvalue weighted by molar-refractivity contribution is -0.141. The molecule has 16 heavy (non-hydrogen) atoms. The summed E-state index contributed by atoms with van der Waals surface area (Å²) < 4.78 is 22.3. The van der Waals surface area contributed by atoms with E-state index in [0.717, 1.165) is 12.8 Å². The van der Waals surface area contributed by atoms with Crippen LogP contribution in [-0.4, -0.2) is 20.0 Å². The number of fused-ring (bicyclic) bond motifs is 3. The molecule has 3 atom stereocenters. The van der Waals surface area contributed by atoms with Crippen LogP contribution < -0.4 is 5.14 Å². The van der Waals surface area contributed by atoms with Crippen LogP contribution in [0.1, 0.15) is 33.1 Å². The highest BCUT2D eigenvalue weighted by Crippen LogP contribution is 2.53. The average molecular weight is 245 g/mol. The highest BCUT2D eigenvalue weighted by molar-refractivity contribution is 7.89. The fraction of sp³-hybridized carbons (Fsp3) is 0.909. The molecule has 2 N–H and O–H groups in total. The number of carbonyl (C=O) groups excluding carboxylic acids is 1. The van der Waals surface area contributed by atoms with Gasteiger partial charge in [0.05, 0.1) is 5.75 Å². The summed E-state index contributed by atoms with van der Waals surface area (Å²) in [6.07, 6.45) is 2.51. The number of nitrogens with two attached hydrogens (primary N) is 1. The van der Waals surface area contributed by atoms with Crippen molar-refractivity contribution >= 4 is 15.8 Å². The summed E-state index contributed by atoms with van der Waals surface area (Å²) >= 11 is 0. The fourth-order valence-electron chi connectivity index (χ4n) is 3.88. The number of primary sulfonamides is 1. The summed E-state index contributed by atoms with van der Waals surface area (Å²) in [5, 5.41) is 5.09. The largest absolute Gasteiger partial charge is 0.299 e. The molecule has 3 rings (SSSR count). The van der Waals surface area contributed by atoms with Crippen LogP contribution >= 0.6 is 0 Å². The van der Waals surface area contributed by atoms with E-state index in [1.165, 1.54) is 0 Å². The molecule has 2 bridgehead atoms. The van der Waals surface area contributed by atoms with Crippen molar-refractivity contribution in [1.29, 1.82) is 0 Å². The Morgan fingerprint density at radius 1 is 1.44 bits per heavy atom. The van der Waals surface area contributed by atoms with Gasteiger partial charge < -0.3 is 0 Å². The third-order valence-corrected chi connectivity index (χ3v) is 4.94. The molecular formula is C11H19NO3S. The molecule has 3 saturated carbocycles. The molecule has 0 aromatic rings. The van der Waals surface area contributed by atoms with E-state index < -0.39 is 10.0 Å². The van der Waals surface area contributed by atoms with Crippen LogP contribution in [0.4, 0.5) is 0 Å². The van der Waals surface area contributed by atoms with Crippen LogP contribution in [0.15, 0.2) is 0 Å². The van der Waals surface area contributed by atoms with E-state index in [9.17, 15) is 13.2 Å². The van der Waals surface area contributed by atoms with Crippen molar-refractivity contribution in [3.05, 3.63) is 0 Å². The normalized spacial score (nSPS) is 37.7. The van der Waals surface area contributed by atoms with Gasteiger partial charge in [-0.1, -0.05) is 13.8 Å². The first kappa shape index (κ1) is 12.0. The molecular weight excluding hydrogens is 226 g/mol. The fourth-order valence-corrected chi connectivity index (χ4v) is 4.81. The van der Waals surface area contributed by atoms with Gasteiger partial charge >= 0.3 is 0 Å². The van der Waals surface area contributed by atoms with Crippen molar-refractivity contribution in [3.8, 4) is 0 Å². The number of sulfonamides is 1. The maximum absolute atomic E-state index is 11.9. The smallest absolute Gasteiger partial charge is 0.209 e. The van der Waals surface area contributed by atoms with Gasteiger partial charge in [0.25, 0.3) is 0 Å². The number of ketones is 1. The zero-order chi connectivity index (χ0) is 12.1. The predicted octanol–water partition coefficient (Wildman–Crippen LogP) is 0.916. The highest BCUT2D eigenvalue weighted by atomic mass is 32.2. The molecule has 0 radical (unpaired) electrons. The predicted molar refractivity (Wildman–Crippen MR) is 61.1 cm³/mol. The molecule has 3 fully saturated rings. The zero-order valence-electron chi connectivity index (χ0n) is 9.77. The van der Waals surface area contributed by atoms with Crippen LogP contribution in [0, 0.1) is 23.2 Å². The Balaban J connectivity index is 2.26. The van der Waals surface area contributed by atoms with Crippen LogP contribution in [0.2, 0.25) is 0 Å². The Hall–Kier alpha value is -0.420. The quantitative estimate of drug-likeness (QED) is 0.785. The summed E-state index contributed by atoms with van der Waals surface area (Å²) in [6.45, 7) is 4.13. The van der Waals surface area contributed by atoms with Crippen LogP contribution in [-0.2, 0) is 14.8 Å². The summed E-state index contributed by atoms with van der Waals surface area (Å²) in [6, 6.07) is 0. The van der Waals surface area contributed by atoms with Gasteiger partial charge in [-0.05, 0) is 30.1 Å². The van der Waals surface area contributed by atoms with Crippen molar-refractivity contribution in [2.75, 3.05) is 5.75 Å². The van der Waals surface area contributed by atoms with Gasteiger partial charge in [0.1, 0.15) is 5.78 Å². The number of rotatable bonds is 2. The Morgan fingerprint density at radius 2 is 2.06 bits per heavy atom. The topological polar surface area (TPSA) is 77.2 Å². The lowest BCUT2D eigenvalue weighted by atomic mass is 9.53. The Bertz CT molecular complexity index is 413.